The van der Waals surface area contributed by atoms with E-state index in [1.165, 1.54) is 10.6 Å². The number of amides is 1. The summed E-state index contributed by atoms with van der Waals surface area (Å²) in [5, 5.41) is 12.1. The van der Waals surface area contributed by atoms with Gasteiger partial charge < -0.3 is 15.0 Å². The highest BCUT2D eigenvalue weighted by molar-refractivity contribution is 6.41. The fourth-order valence-corrected chi connectivity index (χ4v) is 2.03. The lowest BCUT2D eigenvalue weighted by Crippen LogP contribution is -2.45. The Labute approximate surface area is 121 Å². The van der Waals surface area contributed by atoms with Gasteiger partial charge in [-0.15, -0.1) is 0 Å². The summed E-state index contributed by atoms with van der Waals surface area (Å²) < 4.78 is 1.41. The van der Waals surface area contributed by atoms with Crippen molar-refractivity contribution in [3.63, 3.8) is 0 Å². The number of carbonyl (C=O) groups is 2. The molecule has 2 atom stereocenters. The molecule has 0 bridgehead atoms. The normalized spacial score (nSPS) is 13.9. The van der Waals surface area contributed by atoms with E-state index in [1.807, 2.05) is 6.92 Å². The lowest BCUT2D eigenvalue weighted by Gasteiger charge is -2.20. The molecule has 19 heavy (non-hydrogen) atoms. The average molecular weight is 307 g/mol. The van der Waals surface area contributed by atoms with Crippen molar-refractivity contribution in [2.24, 2.45) is 13.0 Å². The van der Waals surface area contributed by atoms with Gasteiger partial charge in [-0.25, -0.2) is 4.79 Å². The molecule has 0 spiro atoms. The van der Waals surface area contributed by atoms with Crippen molar-refractivity contribution in [3.05, 3.63) is 21.9 Å². The number of nitrogens with one attached hydrogen (secondary N) is 1. The van der Waals surface area contributed by atoms with E-state index in [2.05, 4.69) is 5.32 Å². The molecule has 2 N–H and O–H groups in total. The van der Waals surface area contributed by atoms with Gasteiger partial charge in [-0.3, -0.25) is 4.79 Å². The lowest BCUT2D eigenvalue weighted by molar-refractivity contribution is -0.140. The highest BCUT2D eigenvalue weighted by atomic mass is 35.5. The van der Waals surface area contributed by atoms with Crippen LogP contribution in [0.5, 0.6) is 0 Å². The summed E-state index contributed by atoms with van der Waals surface area (Å²) in [5.74, 6) is -1.74. The molecule has 2 unspecified atom stereocenters. The Hall–Kier alpha value is -1.20. The molecule has 7 heteroatoms. The van der Waals surface area contributed by atoms with Crippen molar-refractivity contribution in [2.75, 3.05) is 0 Å². The van der Waals surface area contributed by atoms with E-state index in [0.717, 1.165) is 0 Å². The summed E-state index contributed by atoms with van der Waals surface area (Å²) in [6.07, 6.45) is 0.645. The van der Waals surface area contributed by atoms with Crippen LogP contribution in [0.15, 0.2) is 6.07 Å². The van der Waals surface area contributed by atoms with Crippen LogP contribution in [0.3, 0.4) is 0 Å². The highest BCUT2D eigenvalue weighted by Gasteiger charge is 2.27. The van der Waals surface area contributed by atoms with Crippen molar-refractivity contribution < 1.29 is 14.7 Å². The van der Waals surface area contributed by atoms with E-state index < -0.39 is 17.9 Å². The summed E-state index contributed by atoms with van der Waals surface area (Å²) in [5.41, 5.74) is 0.226. The van der Waals surface area contributed by atoms with E-state index in [1.54, 1.807) is 14.0 Å². The minimum Gasteiger partial charge on any atom is -0.480 e. The van der Waals surface area contributed by atoms with Gasteiger partial charge >= 0.3 is 5.97 Å². The molecule has 1 amide bonds. The van der Waals surface area contributed by atoms with Crippen molar-refractivity contribution >= 4 is 35.1 Å². The predicted octanol–water partition coefficient (Wildman–Crippen LogP) is 2.56. The third-order valence-electron chi connectivity index (χ3n) is 3.11. The molecule has 0 aliphatic heterocycles. The van der Waals surface area contributed by atoms with Crippen molar-refractivity contribution in [1.29, 1.82) is 0 Å². The smallest absolute Gasteiger partial charge is 0.326 e. The molecular formula is C12H16Cl2N2O3. The second-order valence-corrected chi connectivity index (χ2v) is 5.17. The first kappa shape index (κ1) is 15.9. The van der Waals surface area contributed by atoms with Gasteiger partial charge in [0.15, 0.2) is 0 Å². The fourth-order valence-electron chi connectivity index (χ4n) is 1.66. The Balaban J connectivity index is 2.94. The second-order valence-electron chi connectivity index (χ2n) is 4.40. The molecule has 1 heterocycles. The lowest BCUT2D eigenvalue weighted by atomic mass is 9.99. The molecule has 0 aliphatic rings. The molecule has 1 aromatic rings. The van der Waals surface area contributed by atoms with Crippen LogP contribution in [0.1, 0.15) is 30.8 Å². The van der Waals surface area contributed by atoms with Gasteiger partial charge in [0, 0.05) is 7.05 Å². The Kier molecular flexibility index (Phi) is 5.26. The maximum Gasteiger partial charge on any atom is 0.326 e. The van der Waals surface area contributed by atoms with Crippen molar-refractivity contribution in [2.45, 2.75) is 26.3 Å². The van der Waals surface area contributed by atoms with Gasteiger partial charge in [0.05, 0.1) is 5.02 Å². The average Bonchev–Trinajstić information content (AvgIpc) is 2.62. The summed E-state index contributed by atoms with van der Waals surface area (Å²) >= 11 is 11.7. The third-order valence-corrected chi connectivity index (χ3v) is 3.96. The van der Waals surface area contributed by atoms with Gasteiger partial charge in [-0.05, 0) is 12.0 Å². The molecule has 0 radical (unpaired) electrons. The number of carboxylic acids is 1. The monoisotopic (exact) mass is 306 g/mol. The zero-order valence-electron chi connectivity index (χ0n) is 10.9. The molecule has 0 aromatic carbocycles. The van der Waals surface area contributed by atoms with E-state index >= 15 is 0 Å². The molecule has 0 aliphatic carbocycles. The zero-order chi connectivity index (χ0) is 14.7. The van der Waals surface area contributed by atoms with Crippen LogP contribution in [-0.2, 0) is 11.8 Å². The van der Waals surface area contributed by atoms with Gasteiger partial charge in [-0.2, -0.15) is 0 Å². The maximum atomic E-state index is 12.1. The Morgan fingerprint density at radius 3 is 2.42 bits per heavy atom. The first-order valence-corrected chi connectivity index (χ1v) is 6.59. The number of rotatable bonds is 5. The SMILES string of the molecule is CCC(C)C(NC(=O)c1cc(Cl)c(Cl)n1C)C(=O)O. The standard InChI is InChI=1S/C12H16Cl2N2O3/c1-4-6(2)9(12(18)19)15-11(17)8-5-7(13)10(14)16(8)3/h5-6,9H,4H2,1-3H3,(H,15,17)(H,18,19). The fraction of sp³-hybridized carbons (Fsp3) is 0.500. The predicted molar refractivity (Wildman–Crippen MR) is 73.8 cm³/mol. The van der Waals surface area contributed by atoms with Crippen LogP contribution in [0, 0.1) is 5.92 Å². The minimum atomic E-state index is -1.06. The van der Waals surface area contributed by atoms with Crippen LogP contribution < -0.4 is 5.32 Å². The Morgan fingerprint density at radius 1 is 1.47 bits per heavy atom. The number of carboxylic acid groups (broad SMARTS) is 1. The minimum absolute atomic E-state index is 0.173. The third kappa shape index (κ3) is 3.42. The van der Waals surface area contributed by atoms with E-state index in [9.17, 15) is 9.59 Å². The molecular weight excluding hydrogens is 291 g/mol. The quantitative estimate of drug-likeness (QED) is 0.878. The topological polar surface area (TPSA) is 71.3 Å². The molecule has 1 aromatic heterocycles. The van der Waals surface area contributed by atoms with Crippen molar-refractivity contribution in [1.82, 2.24) is 9.88 Å². The molecule has 106 valence electrons. The number of carbonyl (C=O) groups excluding carboxylic acids is 1. The van der Waals surface area contributed by atoms with E-state index in [-0.39, 0.29) is 21.8 Å². The van der Waals surface area contributed by atoms with Crippen LogP contribution >= 0.6 is 23.2 Å². The van der Waals surface area contributed by atoms with Gasteiger partial charge in [0.25, 0.3) is 5.91 Å². The number of hydrogen-bond donors (Lipinski definition) is 2. The largest absolute Gasteiger partial charge is 0.480 e. The van der Waals surface area contributed by atoms with Gasteiger partial charge in [-0.1, -0.05) is 43.5 Å². The number of halogens is 2. The first-order valence-electron chi connectivity index (χ1n) is 5.83. The number of nitrogens with zero attached hydrogens (tertiary/aromatic N) is 1. The van der Waals surface area contributed by atoms with Crippen LogP contribution in [-0.4, -0.2) is 27.6 Å². The first-order chi connectivity index (χ1) is 8.79. The summed E-state index contributed by atoms with van der Waals surface area (Å²) in [4.78, 5) is 23.2. The summed E-state index contributed by atoms with van der Waals surface area (Å²) in [7, 11) is 1.59. The van der Waals surface area contributed by atoms with Gasteiger partial charge in [0.1, 0.15) is 16.9 Å². The number of hydrogen-bond acceptors (Lipinski definition) is 2. The highest BCUT2D eigenvalue weighted by Crippen LogP contribution is 2.25. The van der Waals surface area contributed by atoms with Gasteiger partial charge in [0.2, 0.25) is 0 Å². The van der Waals surface area contributed by atoms with Crippen LogP contribution in [0.4, 0.5) is 0 Å². The molecule has 0 fully saturated rings. The molecule has 1 rings (SSSR count). The number of aromatic nitrogens is 1. The van der Waals surface area contributed by atoms with E-state index in [0.29, 0.717) is 6.42 Å². The summed E-state index contributed by atoms with van der Waals surface area (Å²) in [6, 6.07) is 0.472. The van der Waals surface area contributed by atoms with Crippen LogP contribution in [0.25, 0.3) is 0 Å². The summed E-state index contributed by atoms with van der Waals surface area (Å²) in [6.45, 7) is 3.63. The Morgan fingerprint density at radius 2 is 2.05 bits per heavy atom. The van der Waals surface area contributed by atoms with Crippen LogP contribution in [0.2, 0.25) is 10.2 Å². The zero-order valence-corrected chi connectivity index (χ0v) is 12.4. The molecule has 0 saturated heterocycles. The number of aliphatic carboxylic acids is 1. The van der Waals surface area contributed by atoms with Crippen molar-refractivity contribution in [3.8, 4) is 0 Å². The van der Waals surface area contributed by atoms with E-state index in [4.69, 9.17) is 28.3 Å². The Bertz CT molecular complexity index is 499. The maximum absolute atomic E-state index is 12.1. The second kappa shape index (κ2) is 6.30. The molecule has 5 nitrogen and oxygen atoms in total. The molecule has 0 saturated carbocycles.